The van der Waals surface area contributed by atoms with Crippen LogP contribution in [0.2, 0.25) is 0 Å². The van der Waals surface area contributed by atoms with Crippen LogP contribution >= 0.6 is 0 Å². The van der Waals surface area contributed by atoms with E-state index in [-0.39, 0.29) is 0 Å². The highest BCUT2D eigenvalue weighted by Crippen LogP contribution is 2.30. The summed E-state index contributed by atoms with van der Waals surface area (Å²) in [5, 5.41) is 2.56. The Morgan fingerprint density at radius 1 is 0.909 bits per heavy atom. The Bertz CT molecular complexity index is 795. The summed E-state index contributed by atoms with van der Waals surface area (Å²) in [6.45, 7) is 9.00. The van der Waals surface area contributed by atoms with E-state index in [1.807, 2.05) is 12.3 Å². The molecule has 0 bridgehead atoms. The Morgan fingerprint density at radius 3 is 2.32 bits per heavy atom. The number of hydrogen-bond acceptors (Lipinski definition) is 1. The van der Waals surface area contributed by atoms with Crippen LogP contribution in [0.15, 0.2) is 54.7 Å². The van der Waals surface area contributed by atoms with Crippen molar-refractivity contribution in [2.75, 3.05) is 0 Å². The molecule has 0 saturated carbocycles. The Balaban J connectivity index is 2.16. The topological polar surface area (TPSA) is 12.9 Å². The molecule has 0 aliphatic heterocycles. The van der Waals surface area contributed by atoms with Gasteiger partial charge in [-0.05, 0) is 35.3 Å². The summed E-state index contributed by atoms with van der Waals surface area (Å²) in [6.07, 6.45) is 3.08. The van der Waals surface area contributed by atoms with E-state index in [1.54, 1.807) is 0 Å². The van der Waals surface area contributed by atoms with E-state index in [9.17, 15) is 0 Å². The van der Waals surface area contributed by atoms with Crippen LogP contribution in [0.1, 0.15) is 31.9 Å². The zero-order chi connectivity index (χ0) is 15.7. The molecule has 112 valence electrons. The van der Waals surface area contributed by atoms with Gasteiger partial charge >= 0.3 is 0 Å². The molecule has 3 aromatic rings. The Morgan fingerprint density at radius 2 is 1.64 bits per heavy atom. The molecule has 3 rings (SSSR count). The van der Waals surface area contributed by atoms with Crippen molar-refractivity contribution in [1.82, 2.24) is 4.98 Å². The van der Waals surface area contributed by atoms with Crippen molar-refractivity contribution in [2.45, 2.75) is 34.1 Å². The van der Waals surface area contributed by atoms with Gasteiger partial charge in [-0.2, -0.15) is 0 Å². The Labute approximate surface area is 133 Å². The van der Waals surface area contributed by atoms with Crippen LogP contribution in [0, 0.1) is 12.3 Å². The number of aryl methyl sites for hydroxylation is 1. The molecular weight excluding hydrogens is 266 g/mol. The van der Waals surface area contributed by atoms with Crippen molar-refractivity contribution < 1.29 is 0 Å². The van der Waals surface area contributed by atoms with Gasteiger partial charge in [0.25, 0.3) is 0 Å². The molecule has 0 aliphatic rings. The fourth-order valence-corrected chi connectivity index (χ4v) is 2.97. The minimum absolute atomic E-state index is 0.302. The van der Waals surface area contributed by atoms with Gasteiger partial charge in [-0.15, -0.1) is 0 Å². The van der Waals surface area contributed by atoms with Crippen molar-refractivity contribution in [3.8, 4) is 11.3 Å². The van der Waals surface area contributed by atoms with Crippen molar-refractivity contribution >= 4 is 10.8 Å². The first-order valence-corrected chi connectivity index (χ1v) is 7.88. The predicted molar refractivity (Wildman–Crippen MR) is 95.1 cm³/mol. The lowest BCUT2D eigenvalue weighted by atomic mass is 9.87. The second-order valence-electron chi connectivity index (χ2n) is 7.27. The van der Waals surface area contributed by atoms with Crippen molar-refractivity contribution in [2.24, 2.45) is 5.41 Å². The van der Waals surface area contributed by atoms with Crippen LogP contribution in [0.4, 0.5) is 0 Å². The quantitative estimate of drug-likeness (QED) is 0.581. The van der Waals surface area contributed by atoms with Crippen LogP contribution in [-0.4, -0.2) is 4.98 Å². The average molecular weight is 289 g/mol. The van der Waals surface area contributed by atoms with Gasteiger partial charge in [-0.3, -0.25) is 4.98 Å². The van der Waals surface area contributed by atoms with Crippen LogP contribution in [-0.2, 0) is 6.42 Å². The lowest BCUT2D eigenvalue weighted by Gasteiger charge is -2.19. The number of aromatic nitrogens is 1. The third-order valence-electron chi connectivity index (χ3n) is 3.93. The number of hydrogen-bond donors (Lipinski definition) is 0. The van der Waals surface area contributed by atoms with Gasteiger partial charge in [0.05, 0.1) is 5.69 Å². The zero-order valence-corrected chi connectivity index (χ0v) is 13.9. The SMILES string of the molecule is Cc1cnc(-c2ccccc2)c2ccc(CC(C)(C)C)cc12. The third-order valence-corrected chi connectivity index (χ3v) is 3.93. The summed E-state index contributed by atoms with van der Waals surface area (Å²) in [7, 11) is 0. The molecule has 1 nitrogen and oxygen atoms in total. The Kier molecular flexibility index (Phi) is 3.74. The lowest BCUT2D eigenvalue weighted by molar-refractivity contribution is 0.411. The summed E-state index contributed by atoms with van der Waals surface area (Å²) < 4.78 is 0. The fourth-order valence-electron chi connectivity index (χ4n) is 2.97. The molecule has 0 unspecified atom stereocenters. The monoisotopic (exact) mass is 289 g/mol. The number of rotatable bonds is 2. The first-order valence-electron chi connectivity index (χ1n) is 7.88. The molecule has 0 atom stereocenters. The van der Waals surface area contributed by atoms with Crippen molar-refractivity contribution in [3.63, 3.8) is 0 Å². The number of pyridine rings is 1. The normalized spacial score (nSPS) is 11.8. The highest BCUT2D eigenvalue weighted by atomic mass is 14.7. The smallest absolute Gasteiger partial charge is 0.0780 e. The average Bonchev–Trinajstić information content (AvgIpc) is 2.47. The van der Waals surface area contributed by atoms with Gasteiger partial charge in [0.1, 0.15) is 0 Å². The van der Waals surface area contributed by atoms with Gasteiger partial charge in [0.15, 0.2) is 0 Å². The number of fused-ring (bicyclic) bond motifs is 1. The van der Waals surface area contributed by atoms with E-state index in [4.69, 9.17) is 0 Å². The number of benzene rings is 2. The molecule has 0 spiro atoms. The zero-order valence-electron chi connectivity index (χ0n) is 13.9. The minimum atomic E-state index is 0.302. The van der Waals surface area contributed by atoms with Gasteiger partial charge in [-0.25, -0.2) is 0 Å². The highest BCUT2D eigenvalue weighted by Gasteiger charge is 2.13. The van der Waals surface area contributed by atoms with Crippen molar-refractivity contribution in [1.29, 1.82) is 0 Å². The molecule has 1 heterocycles. The van der Waals surface area contributed by atoms with E-state index in [0.29, 0.717) is 5.41 Å². The molecular formula is C21H23N. The maximum absolute atomic E-state index is 4.68. The first-order chi connectivity index (χ1) is 10.4. The number of nitrogens with zero attached hydrogens (tertiary/aromatic N) is 1. The summed E-state index contributed by atoms with van der Waals surface area (Å²) >= 11 is 0. The third kappa shape index (κ3) is 3.04. The lowest BCUT2D eigenvalue weighted by Crippen LogP contribution is -2.09. The molecule has 2 aromatic carbocycles. The summed E-state index contributed by atoms with van der Waals surface area (Å²) in [5.74, 6) is 0. The van der Waals surface area contributed by atoms with Gasteiger partial charge < -0.3 is 0 Å². The molecule has 1 heteroatoms. The Hall–Kier alpha value is -2.15. The summed E-state index contributed by atoms with van der Waals surface area (Å²) in [4.78, 5) is 4.68. The summed E-state index contributed by atoms with van der Waals surface area (Å²) in [6, 6.07) is 17.2. The van der Waals surface area contributed by atoms with E-state index < -0.39 is 0 Å². The van der Waals surface area contributed by atoms with Crippen molar-refractivity contribution in [3.05, 3.63) is 65.9 Å². The van der Waals surface area contributed by atoms with Crippen LogP contribution in [0.5, 0.6) is 0 Å². The molecule has 0 fully saturated rings. The van der Waals surface area contributed by atoms with Crippen LogP contribution in [0.25, 0.3) is 22.0 Å². The molecule has 22 heavy (non-hydrogen) atoms. The largest absolute Gasteiger partial charge is 0.255 e. The molecule has 0 amide bonds. The van der Waals surface area contributed by atoms with E-state index in [2.05, 4.69) is 75.1 Å². The summed E-state index contributed by atoms with van der Waals surface area (Å²) in [5.41, 5.74) is 5.19. The van der Waals surface area contributed by atoms with E-state index in [0.717, 1.165) is 12.1 Å². The molecule has 0 aliphatic carbocycles. The second-order valence-corrected chi connectivity index (χ2v) is 7.27. The molecule has 0 N–H and O–H groups in total. The second kappa shape index (κ2) is 5.57. The van der Waals surface area contributed by atoms with E-state index in [1.165, 1.54) is 27.5 Å². The predicted octanol–water partition coefficient (Wildman–Crippen LogP) is 5.80. The van der Waals surface area contributed by atoms with Crippen LogP contribution < -0.4 is 0 Å². The first kappa shape index (κ1) is 14.8. The molecule has 1 aromatic heterocycles. The van der Waals surface area contributed by atoms with Gasteiger partial charge in [0.2, 0.25) is 0 Å². The molecule has 0 radical (unpaired) electrons. The minimum Gasteiger partial charge on any atom is -0.255 e. The fraction of sp³-hybridized carbons (Fsp3) is 0.286. The van der Waals surface area contributed by atoms with Crippen LogP contribution in [0.3, 0.4) is 0 Å². The van der Waals surface area contributed by atoms with Gasteiger partial charge in [0, 0.05) is 17.1 Å². The maximum Gasteiger partial charge on any atom is 0.0780 e. The standard InChI is InChI=1S/C21H23N/c1-15-14-22-20(17-8-6-5-7-9-17)18-11-10-16(12-19(15)18)13-21(2,3)4/h5-12,14H,13H2,1-4H3. The highest BCUT2D eigenvalue weighted by molar-refractivity contribution is 5.96. The maximum atomic E-state index is 4.68. The van der Waals surface area contributed by atoms with E-state index >= 15 is 0 Å². The van der Waals surface area contributed by atoms with Gasteiger partial charge in [-0.1, -0.05) is 69.3 Å². The molecule has 0 saturated heterocycles.